The van der Waals surface area contributed by atoms with Crippen LogP contribution in [0.2, 0.25) is 0 Å². The number of carboxylic acid groups (broad SMARTS) is 1. The van der Waals surface area contributed by atoms with Gasteiger partial charge in [0.15, 0.2) is 5.78 Å². The summed E-state index contributed by atoms with van der Waals surface area (Å²) in [5, 5.41) is 16.9. The monoisotopic (exact) mass is 438 g/mol. The molecule has 0 aromatic rings. The molecule has 6 heterocycles. The maximum absolute atomic E-state index is 12.9. The van der Waals surface area contributed by atoms with E-state index in [1.54, 1.807) is 10.8 Å². The van der Waals surface area contributed by atoms with Gasteiger partial charge >= 0.3 is 5.97 Å². The van der Waals surface area contributed by atoms with Gasteiger partial charge < -0.3 is 15.7 Å². The fraction of sp³-hybridized carbons (Fsp3) is 0.818. The van der Waals surface area contributed by atoms with Crippen LogP contribution in [0.15, 0.2) is 12.2 Å². The van der Waals surface area contributed by atoms with Crippen molar-refractivity contribution in [3.8, 4) is 0 Å². The summed E-state index contributed by atoms with van der Waals surface area (Å²) in [5.41, 5.74) is 0. The smallest absolute Gasteiger partial charge is 0.322 e. The van der Waals surface area contributed by atoms with Crippen molar-refractivity contribution in [2.24, 2.45) is 0 Å². The molecule has 0 amide bonds. The van der Waals surface area contributed by atoms with Gasteiger partial charge in [0.25, 0.3) is 0 Å². The molecule has 0 aromatic carbocycles. The van der Waals surface area contributed by atoms with Crippen LogP contribution in [0.3, 0.4) is 0 Å². The Bertz CT molecular complexity index is 646. The molecule has 7 rings (SSSR count). The average Bonchev–Trinajstić information content (AvgIpc) is 2.69. The fourth-order valence-corrected chi connectivity index (χ4v) is 9.84. The number of carboxylic acids is 1. The Kier molecular flexibility index (Phi) is 6.99. The highest BCUT2D eigenvalue weighted by atomic mass is 33.1. The van der Waals surface area contributed by atoms with Crippen molar-refractivity contribution in [3.63, 3.8) is 0 Å². The van der Waals surface area contributed by atoms with Crippen LogP contribution in [0.25, 0.3) is 0 Å². The average molecular weight is 439 g/mol. The van der Waals surface area contributed by atoms with Gasteiger partial charge in [0.2, 0.25) is 0 Å². The van der Waals surface area contributed by atoms with Crippen LogP contribution in [0, 0.1) is 0 Å². The van der Waals surface area contributed by atoms with E-state index in [4.69, 9.17) is 0 Å². The standard InChI is InChI=1S/C22H34N2O3S2/c25-16-11-9-7-5-3-1-2-4-6-8-10-14-23-19(20(26)27)21-12-13-22(29-28-21)17(15-21)24-18(16)22/h1,3,17-19,23-24H,2,4-15H2,(H,26,27)/b3-1-. The van der Waals surface area contributed by atoms with E-state index in [0.717, 1.165) is 64.3 Å². The molecule has 4 fully saturated rings. The highest BCUT2D eigenvalue weighted by Crippen LogP contribution is 2.67. The summed E-state index contributed by atoms with van der Waals surface area (Å²) >= 11 is 0. The number of hydrogen-bond donors (Lipinski definition) is 3. The number of carbonyl (C=O) groups excluding carboxylic acids is 1. The van der Waals surface area contributed by atoms with Crippen LogP contribution in [-0.2, 0) is 9.59 Å². The van der Waals surface area contributed by atoms with Crippen LogP contribution in [-0.4, -0.2) is 51.0 Å². The molecule has 5 nitrogen and oxygen atoms in total. The molecule has 162 valence electrons. The predicted molar refractivity (Wildman–Crippen MR) is 120 cm³/mol. The molecule has 5 unspecified atom stereocenters. The van der Waals surface area contributed by atoms with Crippen molar-refractivity contribution in [2.45, 2.75) is 105 Å². The second-order valence-electron chi connectivity index (χ2n) is 9.15. The molecule has 1 aliphatic carbocycles. The van der Waals surface area contributed by atoms with Crippen LogP contribution >= 0.6 is 21.6 Å². The molecule has 6 aliphatic heterocycles. The quantitative estimate of drug-likeness (QED) is 0.421. The molecule has 0 aromatic heterocycles. The normalized spacial score (nSPS) is 42.8. The fourth-order valence-electron chi connectivity index (χ4n) is 5.48. The maximum Gasteiger partial charge on any atom is 0.322 e. The number of hydrogen-bond acceptors (Lipinski definition) is 6. The summed E-state index contributed by atoms with van der Waals surface area (Å²) in [5.74, 6) is -0.373. The molecule has 3 saturated heterocycles. The van der Waals surface area contributed by atoms with Gasteiger partial charge in [-0.2, -0.15) is 0 Å². The molecule has 0 radical (unpaired) electrons. The molecule has 2 spiro atoms. The SMILES string of the molecule is O=C(O)C1NCCCCCC/C=C\CCCCC(=O)C2NC3CC14CCC32SS4. The summed E-state index contributed by atoms with van der Waals surface area (Å²) in [6, 6.07) is -0.280. The van der Waals surface area contributed by atoms with Crippen molar-refractivity contribution in [3.05, 3.63) is 12.2 Å². The minimum absolute atomic E-state index is 0.00666. The van der Waals surface area contributed by atoms with E-state index in [-0.39, 0.29) is 21.6 Å². The largest absolute Gasteiger partial charge is 0.480 e. The van der Waals surface area contributed by atoms with Gasteiger partial charge in [0.05, 0.1) is 15.5 Å². The molecule has 3 N–H and O–H groups in total. The predicted octanol–water partition coefficient (Wildman–Crippen LogP) is 4.08. The van der Waals surface area contributed by atoms with Crippen molar-refractivity contribution >= 4 is 33.3 Å². The molecular formula is C22H34N2O3S2. The number of nitrogens with one attached hydrogen (secondary N) is 2. The minimum atomic E-state index is -0.730. The number of rotatable bonds is 1. The zero-order valence-electron chi connectivity index (χ0n) is 17.2. The van der Waals surface area contributed by atoms with Crippen molar-refractivity contribution in [2.75, 3.05) is 6.54 Å². The number of Topliss-reactive ketones (excluding diaryl/α,β-unsaturated/α-hetero) is 1. The Labute approximate surface area is 182 Å². The van der Waals surface area contributed by atoms with E-state index >= 15 is 0 Å². The molecule has 29 heavy (non-hydrogen) atoms. The Morgan fingerprint density at radius 2 is 1.79 bits per heavy atom. The van der Waals surface area contributed by atoms with E-state index in [1.807, 2.05) is 10.8 Å². The van der Waals surface area contributed by atoms with Gasteiger partial charge in [-0.3, -0.25) is 9.59 Å². The molecule has 7 aliphatic rings. The molecule has 7 heteroatoms. The van der Waals surface area contributed by atoms with Gasteiger partial charge in [-0.15, -0.1) is 0 Å². The zero-order chi connectivity index (χ0) is 20.3. The summed E-state index contributed by atoms with van der Waals surface area (Å²) < 4.78 is -0.275. The molecular weight excluding hydrogens is 404 g/mol. The summed E-state index contributed by atoms with van der Waals surface area (Å²) in [4.78, 5) is 25.0. The number of aliphatic carboxylic acids is 1. The summed E-state index contributed by atoms with van der Waals surface area (Å²) in [6.45, 7) is 0.768. The Hall–Kier alpha value is -0.500. The third-order valence-corrected chi connectivity index (χ3v) is 11.5. The van der Waals surface area contributed by atoms with Gasteiger partial charge in [0, 0.05) is 12.5 Å². The Balaban J connectivity index is 1.45. The third kappa shape index (κ3) is 4.30. The lowest BCUT2D eigenvalue weighted by Crippen LogP contribution is -2.81. The number of carbonyl (C=O) groups is 2. The second-order valence-corrected chi connectivity index (χ2v) is 12.1. The van der Waals surface area contributed by atoms with Crippen LogP contribution in [0.1, 0.15) is 77.0 Å². The van der Waals surface area contributed by atoms with Crippen LogP contribution in [0.4, 0.5) is 0 Å². The van der Waals surface area contributed by atoms with Crippen LogP contribution < -0.4 is 10.6 Å². The highest BCUT2D eigenvalue weighted by molar-refractivity contribution is 8.77. The topological polar surface area (TPSA) is 78.4 Å². The van der Waals surface area contributed by atoms with Crippen molar-refractivity contribution < 1.29 is 14.7 Å². The number of allylic oxidation sites excluding steroid dienone is 2. The second kappa shape index (κ2) is 9.33. The van der Waals surface area contributed by atoms with E-state index in [2.05, 4.69) is 22.8 Å². The van der Waals surface area contributed by atoms with Crippen molar-refractivity contribution in [1.82, 2.24) is 10.6 Å². The van der Waals surface area contributed by atoms with Crippen molar-refractivity contribution in [1.29, 1.82) is 0 Å². The van der Waals surface area contributed by atoms with Gasteiger partial charge in [-0.25, -0.2) is 0 Å². The molecule has 1 saturated carbocycles. The van der Waals surface area contributed by atoms with Gasteiger partial charge in [-0.1, -0.05) is 46.6 Å². The highest BCUT2D eigenvalue weighted by Gasteiger charge is 2.68. The lowest BCUT2D eigenvalue weighted by atomic mass is 9.65. The van der Waals surface area contributed by atoms with Crippen LogP contribution in [0.5, 0.6) is 0 Å². The first-order chi connectivity index (χ1) is 14.1. The van der Waals surface area contributed by atoms with Gasteiger partial charge in [-0.05, 0) is 64.3 Å². The third-order valence-electron chi connectivity index (χ3n) is 7.25. The van der Waals surface area contributed by atoms with E-state index in [1.165, 1.54) is 12.8 Å². The number of ketones is 1. The molecule has 4 bridgehead atoms. The first-order valence-corrected chi connectivity index (χ1v) is 13.5. The summed E-state index contributed by atoms with van der Waals surface area (Å²) in [7, 11) is 3.56. The maximum atomic E-state index is 12.9. The minimum Gasteiger partial charge on any atom is -0.480 e. The van der Waals surface area contributed by atoms with E-state index in [0.29, 0.717) is 12.2 Å². The lowest BCUT2D eigenvalue weighted by Gasteiger charge is -2.66. The molecule has 5 atom stereocenters. The lowest BCUT2D eigenvalue weighted by molar-refractivity contribution is -0.141. The van der Waals surface area contributed by atoms with E-state index < -0.39 is 12.0 Å². The summed E-state index contributed by atoms with van der Waals surface area (Å²) in [6.07, 6.45) is 16.7. The Morgan fingerprint density at radius 3 is 2.48 bits per heavy atom. The van der Waals surface area contributed by atoms with E-state index in [9.17, 15) is 14.7 Å². The first kappa shape index (κ1) is 21.7. The first-order valence-electron chi connectivity index (χ1n) is 11.3. The van der Waals surface area contributed by atoms with Gasteiger partial charge in [0.1, 0.15) is 6.04 Å². The Morgan fingerprint density at radius 1 is 1.03 bits per heavy atom. The zero-order valence-corrected chi connectivity index (χ0v) is 18.8.